The molecule has 0 N–H and O–H groups in total. The van der Waals surface area contributed by atoms with Crippen LogP contribution in [-0.2, 0) is 14.3 Å². The number of methoxy groups -OCH3 is 1. The van der Waals surface area contributed by atoms with Crippen molar-refractivity contribution < 1.29 is 23.5 Å². The Labute approximate surface area is 255 Å². The molecule has 1 atom stereocenters. The third-order valence-corrected chi connectivity index (χ3v) is 8.26. The zero-order chi connectivity index (χ0) is 30.1. The maximum absolute atomic E-state index is 13.9. The van der Waals surface area contributed by atoms with Crippen LogP contribution >= 0.6 is 34.5 Å². The molecule has 2 aromatic heterocycles. The van der Waals surface area contributed by atoms with Crippen molar-refractivity contribution in [3.05, 3.63) is 112 Å². The zero-order valence-electron chi connectivity index (χ0n) is 23.1. The van der Waals surface area contributed by atoms with Crippen LogP contribution in [-0.4, -0.2) is 30.2 Å². The Morgan fingerprint density at radius 1 is 1.07 bits per heavy atom. The van der Waals surface area contributed by atoms with Gasteiger partial charge in [-0.25, -0.2) is 14.6 Å². The number of carbonyl (C=O) groups excluding carboxylic acids is 2. The van der Waals surface area contributed by atoms with E-state index in [2.05, 4.69) is 4.99 Å². The molecule has 11 heteroatoms. The second-order valence-electron chi connectivity index (χ2n) is 10.0. The van der Waals surface area contributed by atoms with Crippen molar-refractivity contribution in [2.45, 2.75) is 26.8 Å². The minimum absolute atomic E-state index is 0.121. The number of fused-ring (bicyclic) bond motifs is 1. The fraction of sp³-hybridized carbons (Fsp3) is 0.226. The third-order valence-electron chi connectivity index (χ3n) is 6.54. The van der Waals surface area contributed by atoms with E-state index in [9.17, 15) is 14.4 Å². The van der Waals surface area contributed by atoms with E-state index in [1.54, 1.807) is 67.6 Å². The van der Waals surface area contributed by atoms with Gasteiger partial charge in [0.2, 0.25) is 0 Å². The molecule has 0 bridgehead atoms. The minimum Gasteiger partial charge on any atom is -0.465 e. The molecular formula is C31H26Cl2N2O6S. The Hall–Kier alpha value is -3.92. The molecule has 3 heterocycles. The van der Waals surface area contributed by atoms with Gasteiger partial charge in [0.05, 0.1) is 51.2 Å². The van der Waals surface area contributed by atoms with E-state index in [-0.39, 0.29) is 23.7 Å². The topological polar surface area (TPSA) is 100 Å². The van der Waals surface area contributed by atoms with Crippen molar-refractivity contribution in [3.8, 4) is 11.3 Å². The monoisotopic (exact) mass is 624 g/mol. The van der Waals surface area contributed by atoms with Crippen molar-refractivity contribution in [2.75, 3.05) is 13.7 Å². The molecule has 0 saturated carbocycles. The highest BCUT2D eigenvalue weighted by molar-refractivity contribution is 7.07. The molecule has 0 amide bonds. The standard InChI is InChI=1S/C31H26Cl2N2O6S/c1-16(2)15-40-30(38)26-17(3)34-31-35(27(26)18-5-7-19(8-6-18)29(37)39-4)28(36)25(42-31)14-21-10-12-24(41-21)20-9-11-22(32)23(33)13-20/h5-14,16,27H,15H2,1-4H3. The predicted molar refractivity (Wildman–Crippen MR) is 162 cm³/mol. The van der Waals surface area contributed by atoms with E-state index in [1.807, 2.05) is 13.8 Å². The normalized spacial score (nSPS) is 15.0. The minimum atomic E-state index is -0.821. The van der Waals surface area contributed by atoms with Gasteiger partial charge in [0.15, 0.2) is 4.80 Å². The van der Waals surface area contributed by atoms with Crippen LogP contribution in [0.4, 0.5) is 0 Å². The molecule has 2 aromatic carbocycles. The number of rotatable bonds is 7. The van der Waals surface area contributed by atoms with Crippen molar-refractivity contribution in [1.82, 2.24) is 4.57 Å². The average molecular weight is 626 g/mol. The molecule has 1 aliphatic heterocycles. The van der Waals surface area contributed by atoms with E-state index in [0.29, 0.717) is 47.7 Å². The van der Waals surface area contributed by atoms with Gasteiger partial charge in [0, 0.05) is 11.6 Å². The molecule has 42 heavy (non-hydrogen) atoms. The lowest BCUT2D eigenvalue weighted by Crippen LogP contribution is -2.40. The van der Waals surface area contributed by atoms with E-state index < -0.39 is 18.0 Å². The van der Waals surface area contributed by atoms with Crippen molar-refractivity contribution >= 4 is 52.6 Å². The van der Waals surface area contributed by atoms with Crippen LogP contribution in [0.3, 0.4) is 0 Å². The largest absolute Gasteiger partial charge is 0.465 e. The zero-order valence-corrected chi connectivity index (χ0v) is 25.5. The summed E-state index contributed by atoms with van der Waals surface area (Å²) in [4.78, 5) is 44.3. The summed E-state index contributed by atoms with van der Waals surface area (Å²) < 4.78 is 18.2. The van der Waals surface area contributed by atoms with Gasteiger partial charge in [-0.05, 0) is 60.9 Å². The lowest BCUT2D eigenvalue weighted by molar-refractivity contribution is -0.140. The molecule has 0 aliphatic carbocycles. The summed E-state index contributed by atoms with van der Waals surface area (Å²) in [6, 6.07) is 14.5. The predicted octanol–water partition coefficient (Wildman–Crippen LogP) is 5.79. The lowest BCUT2D eigenvalue weighted by atomic mass is 9.95. The van der Waals surface area contributed by atoms with Crippen molar-refractivity contribution in [3.63, 3.8) is 0 Å². The number of carbonyl (C=O) groups is 2. The number of esters is 2. The molecular weight excluding hydrogens is 599 g/mol. The first kappa shape index (κ1) is 29.6. The van der Waals surface area contributed by atoms with Gasteiger partial charge in [-0.3, -0.25) is 9.36 Å². The second kappa shape index (κ2) is 12.1. The quantitative estimate of drug-likeness (QED) is 0.241. The fourth-order valence-corrected chi connectivity index (χ4v) is 5.83. The number of halogens is 2. The molecule has 8 nitrogen and oxygen atoms in total. The number of benzene rings is 2. The maximum atomic E-state index is 13.9. The number of ether oxygens (including phenoxy) is 2. The van der Waals surface area contributed by atoms with Crippen LogP contribution in [0.15, 0.2) is 80.1 Å². The van der Waals surface area contributed by atoms with Crippen LogP contribution in [0.25, 0.3) is 17.4 Å². The van der Waals surface area contributed by atoms with E-state index in [1.165, 1.54) is 23.0 Å². The SMILES string of the molecule is COC(=O)c1ccc(C2C(C(=O)OCC(C)C)=C(C)N=c3sc(=Cc4ccc(-c5ccc(Cl)c(Cl)c5)o4)c(=O)n32)cc1. The van der Waals surface area contributed by atoms with Gasteiger partial charge < -0.3 is 13.9 Å². The highest BCUT2D eigenvalue weighted by Crippen LogP contribution is 2.32. The molecule has 0 saturated heterocycles. The Balaban J connectivity index is 1.60. The van der Waals surface area contributed by atoms with Crippen LogP contribution < -0.4 is 14.9 Å². The Bertz CT molecular complexity index is 1900. The first-order valence-corrected chi connectivity index (χ1v) is 14.6. The molecule has 5 rings (SSSR count). The number of furan rings is 1. The number of hydrogen-bond acceptors (Lipinski definition) is 8. The van der Waals surface area contributed by atoms with Gasteiger partial charge >= 0.3 is 11.9 Å². The first-order valence-electron chi connectivity index (χ1n) is 13.0. The second-order valence-corrected chi connectivity index (χ2v) is 11.8. The van der Waals surface area contributed by atoms with Crippen LogP contribution in [0.2, 0.25) is 10.0 Å². The Kier molecular flexibility index (Phi) is 8.54. The van der Waals surface area contributed by atoms with E-state index in [4.69, 9.17) is 37.1 Å². The Morgan fingerprint density at radius 3 is 2.48 bits per heavy atom. The van der Waals surface area contributed by atoms with E-state index in [0.717, 1.165) is 5.56 Å². The van der Waals surface area contributed by atoms with Crippen LogP contribution in [0, 0.1) is 5.92 Å². The summed E-state index contributed by atoms with van der Waals surface area (Å²) in [5.74, 6) is 0.0803. The van der Waals surface area contributed by atoms with Crippen LogP contribution in [0.5, 0.6) is 0 Å². The van der Waals surface area contributed by atoms with Gasteiger partial charge in [-0.15, -0.1) is 0 Å². The summed E-state index contributed by atoms with van der Waals surface area (Å²) in [6.45, 7) is 5.81. The van der Waals surface area contributed by atoms with Gasteiger partial charge in [0.1, 0.15) is 11.5 Å². The van der Waals surface area contributed by atoms with Gasteiger partial charge in [-0.1, -0.05) is 60.5 Å². The average Bonchev–Trinajstić information content (AvgIpc) is 3.56. The highest BCUT2D eigenvalue weighted by Gasteiger charge is 2.33. The molecule has 1 unspecified atom stereocenters. The fourth-order valence-electron chi connectivity index (χ4n) is 4.50. The Morgan fingerprint density at radius 2 is 1.81 bits per heavy atom. The number of hydrogen-bond donors (Lipinski definition) is 0. The number of allylic oxidation sites excluding steroid dienone is 1. The maximum Gasteiger partial charge on any atom is 0.338 e. The molecule has 0 fully saturated rings. The lowest BCUT2D eigenvalue weighted by Gasteiger charge is -2.25. The molecule has 1 aliphatic rings. The molecule has 0 spiro atoms. The third kappa shape index (κ3) is 5.86. The highest BCUT2D eigenvalue weighted by atomic mass is 35.5. The molecule has 4 aromatic rings. The van der Waals surface area contributed by atoms with E-state index >= 15 is 0 Å². The molecule has 216 valence electrons. The van der Waals surface area contributed by atoms with Crippen molar-refractivity contribution in [2.24, 2.45) is 10.9 Å². The number of nitrogens with zero attached hydrogens (tertiary/aromatic N) is 2. The first-order chi connectivity index (χ1) is 20.1. The molecule has 0 radical (unpaired) electrons. The summed E-state index contributed by atoms with van der Waals surface area (Å²) >= 11 is 13.4. The summed E-state index contributed by atoms with van der Waals surface area (Å²) in [7, 11) is 1.30. The van der Waals surface area contributed by atoms with Crippen LogP contribution in [0.1, 0.15) is 48.5 Å². The smallest absolute Gasteiger partial charge is 0.338 e. The number of aromatic nitrogens is 1. The van der Waals surface area contributed by atoms with Gasteiger partial charge in [0.25, 0.3) is 5.56 Å². The summed E-state index contributed by atoms with van der Waals surface area (Å²) in [5.41, 5.74) is 2.03. The van der Waals surface area contributed by atoms with Gasteiger partial charge in [-0.2, -0.15) is 0 Å². The number of thiazole rings is 1. The van der Waals surface area contributed by atoms with Crippen molar-refractivity contribution in [1.29, 1.82) is 0 Å². The summed E-state index contributed by atoms with van der Waals surface area (Å²) in [5, 5.41) is 0.837. The summed E-state index contributed by atoms with van der Waals surface area (Å²) in [6.07, 6.45) is 1.64.